The van der Waals surface area contributed by atoms with Crippen LogP contribution in [-0.4, -0.2) is 41.8 Å². The molecule has 2 aliphatic rings. The third-order valence-electron chi connectivity index (χ3n) is 5.17. The molecule has 8 heteroatoms. The number of hydrogen-bond acceptors (Lipinski definition) is 6. The summed E-state index contributed by atoms with van der Waals surface area (Å²) in [6, 6.07) is 10.1. The highest BCUT2D eigenvalue weighted by atomic mass is 32.1. The number of nitrogens with zero attached hydrogens (tertiary/aromatic N) is 2. The van der Waals surface area contributed by atoms with Gasteiger partial charge in [-0.1, -0.05) is 17.4 Å². The van der Waals surface area contributed by atoms with Crippen molar-refractivity contribution in [3.8, 4) is 16.7 Å². The molecule has 1 saturated heterocycles. The lowest BCUT2D eigenvalue weighted by atomic mass is 10.1. The van der Waals surface area contributed by atoms with E-state index in [1.54, 1.807) is 18.2 Å². The van der Waals surface area contributed by atoms with Gasteiger partial charge in [0.2, 0.25) is 12.7 Å². The van der Waals surface area contributed by atoms with Gasteiger partial charge in [0.15, 0.2) is 11.5 Å². The SMILES string of the molecule is O=C(/C=C/c1ccc2c(c1)OCO2)N1CCC(Oc2nc3ccc(F)cc3s2)CC1. The van der Waals surface area contributed by atoms with Crippen LogP contribution >= 0.6 is 11.3 Å². The Morgan fingerprint density at radius 2 is 2.00 bits per heavy atom. The maximum absolute atomic E-state index is 13.3. The first kappa shape index (κ1) is 18.9. The summed E-state index contributed by atoms with van der Waals surface area (Å²) in [6.07, 6.45) is 4.83. The molecule has 1 fully saturated rings. The van der Waals surface area contributed by atoms with E-state index in [0.29, 0.717) is 24.0 Å². The van der Waals surface area contributed by atoms with Crippen LogP contribution in [0.25, 0.3) is 16.3 Å². The number of amides is 1. The fraction of sp³-hybridized carbons (Fsp3) is 0.273. The summed E-state index contributed by atoms with van der Waals surface area (Å²) in [5, 5.41) is 0.545. The van der Waals surface area contributed by atoms with Gasteiger partial charge in [0.1, 0.15) is 11.9 Å². The Morgan fingerprint density at radius 3 is 2.87 bits per heavy atom. The van der Waals surface area contributed by atoms with Crippen LogP contribution in [0.15, 0.2) is 42.5 Å². The largest absolute Gasteiger partial charge is 0.467 e. The summed E-state index contributed by atoms with van der Waals surface area (Å²) in [5.41, 5.74) is 1.62. The lowest BCUT2D eigenvalue weighted by molar-refractivity contribution is -0.127. The highest BCUT2D eigenvalue weighted by molar-refractivity contribution is 7.20. The minimum Gasteiger partial charge on any atom is -0.467 e. The van der Waals surface area contributed by atoms with E-state index < -0.39 is 0 Å². The summed E-state index contributed by atoms with van der Waals surface area (Å²) in [7, 11) is 0. The van der Waals surface area contributed by atoms with Gasteiger partial charge in [-0.2, -0.15) is 0 Å². The van der Waals surface area contributed by atoms with Gasteiger partial charge in [-0.15, -0.1) is 0 Å². The highest BCUT2D eigenvalue weighted by Gasteiger charge is 2.24. The molecule has 0 atom stereocenters. The van der Waals surface area contributed by atoms with Crippen molar-refractivity contribution in [1.29, 1.82) is 0 Å². The van der Waals surface area contributed by atoms with Crippen molar-refractivity contribution in [2.45, 2.75) is 18.9 Å². The molecule has 0 N–H and O–H groups in total. The molecule has 2 aromatic carbocycles. The average Bonchev–Trinajstić information content (AvgIpc) is 3.38. The van der Waals surface area contributed by atoms with E-state index in [-0.39, 0.29) is 24.6 Å². The highest BCUT2D eigenvalue weighted by Crippen LogP contribution is 2.33. The Bertz CT molecular complexity index is 1120. The minimum atomic E-state index is -0.279. The van der Waals surface area contributed by atoms with E-state index in [2.05, 4.69) is 4.98 Å². The van der Waals surface area contributed by atoms with Crippen LogP contribution in [-0.2, 0) is 4.79 Å². The van der Waals surface area contributed by atoms with Crippen LogP contribution in [0.2, 0.25) is 0 Å². The van der Waals surface area contributed by atoms with Crippen molar-refractivity contribution in [2.75, 3.05) is 19.9 Å². The molecule has 0 radical (unpaired) electrons. The average molecular weight is 426 g/mol. The molecule has 3 aromatic rings. The summed E-state index contributed by atoms with van der Waals surface area (Å²) < 4.78 is 30.7. The first-order valence-electron chi connectivity index (χ1n) is 9.73. The van der Waals surface area contributed by atoms with Crippen molar-refractivity contribution >= 4 is 33.5 Å². The minimum absolute atomic E-state index is 0.00250. The molecule has 5 rings (SSSR count). The molecule has 0 unspecified atom stereocenters. The number of halogens is 1. The molecule has 30 heavy (non-hydrogen) atoms. The van der Waals surface area contributed by atoms with Gasteiger partial charge < -0.3 is 19.1 Å². The Balaban J connectivity index is 1.15. The zero-order valence-corrected chi connectivity index (χ0v) is 16.9. The lowest BCUT2D eigenvalue weighted by Gasteiger charge is -2.30. The number of fused-ring (bicyclic) bond motifs is 2. The summed E-state index contributed by atoms with van der Waals surface area (Å²) in [4.78, 5) is 18.7. The number of likely N-dealkylation sites (tertiary alicyclic amines) is 1. The molecule has 0 bridgehead atoms. The fourth-order valence-electron chi connectivity index (χ4n) is 3.55. The lowest BCUT2D eigenvalue weighted by Crippen LogP contribution is -2.41. The monoisotopic (exact) mass is 426 g/mol. The van der Waals surface area contributed by atoms with Crippen LogP contribution in [0.1, 0.15) is 18.4 Å². The zero-order valence-electron chi connectivity index (χ0n) is 16.0. The standard InChI is InChI=1S/C22H19FN2O4S/c23-15-3-4-17-20(12-15)30-22(24-17)29-16-7-9-25(10-8-16)21(26)6-2-14-1-5-18-19(11-14)28-13-27-18/h1-6,11-12,16H,7-10,13H2/b6-2+. The third-order valence-corrected chi connectivity index (χ3v) is 6.08. The van der Waals surface area contributed by atoms with Crippen LogP contribution in [0, 0.1) is 5.82 Å². The molecule has 0 aliphatic carbocycles. The van der Waals surface area contributed by atoms with Gasteiger partial charge in [0, 0.05) is 32.0 Å². The molecule has 1 aromatic heterocycles. The van der Waals surface area contributed by atoms with Gasteiger partial charge >= 0.3 is 0 Å². The quantitative estimate of drug-likeness (QED) is 0.584. The number of rotatable bonds is 4. The molecule has 0 saturated carbocycles. The van der Waals surface area contributed by atoms with E-state index in [1.165, 1.54) is 23.5 Å². The van der Waals surface area contributed by atoms with E-state index in [9.17, 15) is 9.18 Å². The van der Waals surface area contributed by atoms with E-state index in [4.69, 9.17) is 14.2 Å². The Labute approximate surface area is 176 Å². The molecule has 1 amide bonds. The number of piperidine rings is 1. The Morgan fingerprint density at radius 1 is 1.17 bits per heavy atom. The van der Waals surface area contributed by atoms with Crippen LogP contribution in [0.4, 0.5) is 4.39 Å². The Kier molecular flexibility index (Phi) is 5.00. The Hall–Kier alpha value is -3.13. The number of carbonyl (C=O) groups is 1. The third kappa shape index (κ3) is 3.95. The predicted molar refractivity (Wildman–Crippen MR) is 111 cm³/mol. The second kappa shape index (κ2) is 7.95. The topological polar surface area (TPSA) is 60.9 Å². The van der Waals surface area contributed by atoms with Gasteiger partial charge in [-0.05, 0) is 42.0 Å². The van der Waals surface area contributed by atoms with Crippen LogP contribution in [0.5, 0.6) is 16.7 Å². The van der Waals surface area contributed by atoms with Crippen molar-refractivity contribution in [2.24, 2.45) is 0 Å². The number of thiazole rings is 1. The number of aromatic nitrogens is 1. The molecule has 154 valence electrons. The maximum Gasteiger partial charge on any atom is 0.274 e. The predicted octanol–water partition coefficient (Wildman–Crippen LogP) is 4.25. The van der Waals surface area contributed by atoms with Gasteiger partial charge in [-0.3, -0.25) is 4.79 Å². The maximum atomic E-state index is 13.3. The van der Waals surface area contributed by atoms with Gasteiger partial charge in [-0.25, -0.2) is 9.37 Å². The van der Waals surface area contributed by atoms with Crippen molar-refractivity contribution < 1.29 is 23.4 Å². The fourth-order valence-corrected chi connectivity index (χ4v) is 4.46. The van der Waals surface area contributed by atoms with Crippen molar-refractivity contribution in [3.63, 3.8) is 0 Å². The van der Waals surface area contributed by atoms with Gasteiger partial charge in [0.05, 0.1) is 10.2 Å². The molecule has 2 aliphatic heterocycles. The van der Waals surface area contributed by atoms with E-state index >= 15 is 0 Å². The van der Waals surface area contributed by atoms with Crippen molar-refractivity contribution in [3.05, 3.63) is 53.9 Å². The number of carbonyl (C=O) groups excluding carboxylic acids is 1. The molecular weight excluding hydrogens is 407 g/mol. The van der Waals surface area contributed by atoms with Gasteiger partial charge in [0.25, 0.3) is 5.19 Å². The normalized spacial score (nSPS) is 16.5. The molecular formula is C22H19FN2O4S. The van der Waals surface area contributed by atoms with E-state index in [1.807, 2.05) is 23.1 Å². The first-order valence-corrected chi connectivity index (χ1v) is 10.5. The summed E-state index contributed by atoms with van der Waals surface area (Å²) >= 11 is 1.34. The molecule has 0 spiro atoms. The van der Waals surface area contributed by atoms with E-state index in [0.717, 1.165) is 34.4 Å². The molecule has 3 heterocycles. The summed E-state index contributed by atoms with van der Waals surface area (Å²) in [6.45, 7) is 1.47. The second-order valence-electron chi connectivity index (χ2n) is 7.18. The number of ether oxygens (including phenoxy) is 3. The first-order chi connectivity index (χ1) is 14.6. The van der Waals surface area contributed by atoms with Crippen LogP contribution < -0.4 is 14.2 Å². The van der Waals surface area contributed by atoms with Crippen LogP contribution in [0.3, 0.4) is 0 Å². The zero-order chi connectivity index (χ0) is 20.5. The number of benzene rings is 2. The smallest absolute Gasteiger partial charge is 0.274 e. The number of hydrogen-bond donors (Lipinski definition) is 0. The van der Waals surface area contributed by atoms with Crippen molar-refractivity contribution in [1.82, 2.24) is 9.88 Å². The molecule has 6 nitrogen and oxygen atoms in total. The summed E-state index contributed by atoms with van der Waals surface area (Å²) in [5.74, 6) is 1.11. The second-order valence-corrected chi connectivity index (χ2v) is 8.17.